The minimum atomic E-state index is 0. The molecule has 0 aromatic carbocycles. The Morgan fingerprint density at radius 3 is 2.86 bits per heavy atom. The van der Waals surface area contributed by atoms with E-state index in [2.05, 4.69) is 63.3 Å². The van der Waals surface area contributed by atoms with Crippen LogP contribution >= 0.6 is 24.0 Å². The van der Waals surface area contributed by atoms with Crippen molar-refractivity contribution in [3.05, 3.63) is 35.8 Å². The number of nitrogens with one attached hydrogen (secondary N) is 2. The highest BCUT2D eigenvalue weighted by Gasteiger charge is 2.17. The number of guanidine groups is 1. The van der Waals surface area contributed by atoms with Crippen LogP contribution in [0, 0.1) is 6.92 Å². The molecule has 28 heavy (non-hydrogen) atoms. The first-order valence-corrected chi connectivity index (χ1v) is 10.3. The molecule has 0 aliphatic carbocycles. The van der Waals surface area contributed by atoms with Crippen molar-refractivity contribution in [2.24, 2.45) is 4.99 Å². The lowest BCUT2D eigenvalue weighted by atomic mass is 10.0. The second-order valence-electron chi connectivity index (χ2n) is 7.56. The molecule has 1 saturated heterocycles. The Balaban J connectivity index is 0.00000280. The van der Waals surface area contributed by atoms with Gasteiger partial charge in [0.2, 0.25) is 0 Å². The van der Waals surface area contributed by atoms with Gasteiger partial charge < -0.3 is 19.9 Å². The molecule has 3 heterocycles. The maximum atomic E-state index is 4.73. The van der Waals surface area contributed by atoms with Crippen LogP contribution in [-0.4, -0.2) is 59.5 Å². The number of halogens is 1. The number of hydrogen-bond acceptors (Lipinski definition) is 3. The SMILES string of the molecule is CN=C(NCCCN1CCCCC1C)NCCc1cn2cccc(C)c2n1.I. The molecule has 0 bridgehead atoms. The van der Waals surface area contributed by atoms with Crippen LogP contribution in [0.25, 0.3) is 5.65 Å². The average Bonchev–Trinajstić information content (AvgIpc) is 3.09. The summed E-state index contributed by atoms with van der Waals surface area (Å²) < 4.78 is 2.10. The Bertz CT molecular complexity index is 756. The van der Waals surface area contributed by atoms with E-state index < -0.39 is 0 Å². The smallest absolute Gasteiger partial charge is 0.190 e. The molecule has 7 heteroatoms. The van der Waals surface area contributed by atoms with Gasteiger partial charge in [-0.15, -0.1) is 24.0 Å². The first kappa shape index (κ1) is 22.9. The third kappa shape index (κ3) is 6.34. The summed E-state index contributed by atoms with van der Waals surface area (Å²) in [5.41, 5.74) is 3.35. The molecule has 1 aliphatic rings. The lowest BCUT2D eigenvalue weighted by Gasteiger charge is -2.33. The van der Waals surface area contributed by atoms with Crippen LogP contribution in [0.15, 0.2) is 29.5 Å². The molecular weight excluding hydrogens is 463 g/mol. The van der Waals surface area contributed by atoms with E-state index in [-0.39, 0.29) is 24.0 Å². The summed E-state index contributed by atoms with van der Waals surface area (Å²) in [5, 5.41) is 6.83. The summed E-state index contributed by atoms with van der Waals surface area (Å²) in [6, 6.07) is 4.90. The largest absolute Gasteiger partial charge is 0.356 e. The molecule has 3 rings (SSSR count). The molecule has 1 atom stereocenters. The predicted molar refractivity (Wildman–Crippen MR) is 128 cm³/mol. The minimum absolute atomic E-state index is 0. The molecule has 1 aliphatic heterocycles. The van der Waals surface area contributed by atoms with Crippen molar-refractivity contribution in [1.82, 2.24) is 24.9 Å². The number of pyridine rings is 1. The van der Waals surface area contributed by atoms with Gasteiger partial charge in [-0.25, -0.2) is 4.98 Å². The van der Waals surface area contributed by atoms with Crippen LogP contribution in [-0.2, 0) is 6.42 Å². The van der Waals surface area contributed by atoms with E-state index in [1.807, 2.05) is 7.05 Å². The number of imidazole rings is 1. The predicted octanol–water partition coefficient (Wildman–Crippen LogP) is 3.23. The Hall–Kier alpha value is -1.35. The van der Waals surface area contributed by atoms with E-state index in [1.165, 1.54) is 37.9 Å². The van der Waals surface area contributed by atoms with Gasteiger partial charge in [0.1, 0.15) is 5.65 Å². The fraction of sp³-hybridized carbons (Fsp3) is 0.619. The molecule has 2 N–H and O–H groups in total. The minimum Gasteiger partial charge on any atom is -0.356 e. The van der Waals surface area contributed by atoms with Gasteiger partial charge in [0.05, 0.1) is 5.69 Å². The highest BCUT2D eigenvalue weighted by Crippen LogP contribution is 2.16. The zero-order chi connectivity index (χ0) is 19.1. The molecule has 0 saturated carbocycles. The summed E-state index contributed by atoms with van der Waals surface area (Å²) in [7, 11) is 1.83. The first-order chi connectivity index (χ1) is 13.2. The Morgan fingerprint density at radius 1 is 1.29 bits per heavy atom. The van der Waals surface area contributed by atoms with E-state index in [9.17, 15) is 0 Å². The number of piperidine rings is 1. The van der Waals surface area contributed by atoms with Crippen molar-refractivity contribution < 1.29 is 0 Å². The third-order valence-corrected chi connectivity index (χ3v) is 5.48. The maximum absolute atomic E-state index is 4.73. The van der Waals surface area contributed by atoms with Gasteiger partial charge in [0, 0.05) is 51.5 Å². The van der Waals surface area contributed by atoms with Gasteiger partial charge in [-0.2, -0.15) is 0 Å². The number of aromatic nitrogens is 2. The second-order valence-corrected chi connectivity index (χ2v) is 7.56. The number of hydrogen-bond donors (Lipinski definition) is 2. The van der Waals surface area contributed by atoms with Gasteiger partial charge in [0.25, 0.3) is 0 Å². The Labute approximate surface area is 186 Å². The fourth-order valence-electron chi connectivity index (χ4n) is 3.83. The zero-order valence-corrected chi connectivity index (χ0v) is 19.8. The lowest BCUT2D eigenvalue weighted by Crippen LogP contribution is -2.41. The van der Waals surface area contributed by atoms with Crippen LogP contribution in [0.5, 0.6) is 0 Å². The highest BCUT2D eigenvalue weighted by molar-refractivity contribution is 14.0. The van der Waals surface area contributed by atoms with E-state index >= 15 is 0 Å². The molecule has 1 unspecified atom stereocenters. The summed E-state index contributed by atoms with van der Waals surface area (Å²) >= 11 is 0. The van der Waals surface area contributed by atoms with Crippen LogP contribution in [0.3, 0.4) is 0 Å². The van der Waals surface area contributed by atoms with Crippen LogP contribution in [0.2, 0.25) is 0 Å². The van der Waals surface area contributed by atoms with Crippen LogP contribution < -0.4 is 10.6 Å². The van der Waals surface area contributed by atoms with Crippen molar-refractivity contribution in [1.29, 1.82) is 0 Å². The van der Waals surface area contributed by atoms with Gasteiger partial charge in [0.15, 0.2) is 5.96 Å². The summed E-state index contributed by atoms with van der Waals surface area (Å²) in [6.07, 6.45) is 10.3. The molecule has 0 radical (unpaired) electrons. The molecule has 1 fully saturated rings. The molecule has 0 spiro atoms. The van der Waals surface area contributed by atoms with Gasteiger partial charge >= 0.3 is 0 Å². The summed E-state index contributed by atoms with van der Waals surface area (Å²) in [4.78, 5) is 11.7. The Morgan fingerprint density at radius 2 is 2.11 bits per heavy atom. The second kappa shape index (κ2) is 11.6. The monoisotopic (exact) mass is 498 g/mol. The summed E-state index contributed by atoms with van der Waals surface area (Å²) in [6.45, 7) is 8.66. The quantitative estimate of drug-likeness (QED) is 0.267. The fourth-order valence-corrected chi connectivity index (χ4v) is 3.83. The summed E-state index contributed by atoms with van der Waals surface area (Å²) in [5.74, 6) is 0.877. The molecule has 2 aromatic heterocycles. The molecular formula is C21H35IN6. The lowest BCUT2D eigenvalue weighted by molar-refractivity contribution is 0.159. The maximum Gasteiger partial charge on any atom is 0.190 e. The molecule has 156 valence electrons. The molecule has 6 nitrogen and oxygen atoms in total. The van der Waals surface area contributed by atoms with Crippen LogP contribution in [0.1, 0.15) is 43.9 Å². The number of nitrogens with zero attached hydrogens (tertiary/aromatic N) is 4. The topological polar surface area (TPSA) is 57.0 Å². The van der Waals surface area contributed by atoms with E-state index in [0.717, 1.165) is 49.3 Å². The highest BCUT2D eigenvalue weighted by atomic mass is 127. The number of aliphatic imine (C=N–C) groups is 1. The van der Waals surface area contributed by atoms with Crippen LogP contribution in [0.4, 0.5) is 0 Å². The van der Waals surface area contributed by atoms with Gasteiger partial charge in [-0.3, -0.25) is 4.99 Å². The van der Waals surface area contributed by atoms with Crippen molar-refractivity contribution >= 4 is 35.6 Å². The number of aryl methyl sites for hydroxylation is 1. The standard InChI is InChI=1S/C21H34N6.HI/c1-17-8-6-14-27-16-19(25-20(17)27)10-12-24-21(22-3)23-11-7-15-26-13-5-4-9-18(26)2;/h6,8,14,16,18H,4-5,7,9-13,15H2,1-3H3,(H2,22,23,24);1H. The average molecular weight is 498 g/mol. The molecule has 0 amide bonds. The molecule has 2 aromatic rings. The normalized spacial score (nSPS) is 18.1. The van der Waals surface area contributed by atoms with Gasteiger partial charge in [-0.05, 0) is 51.3 Å². The van der Waals surface area contributed by atoms with E-state index in [1.54, 1.807) is 0 Å². The van der Waals surface area contributed by atoms with E-state index in [0.29, 0.717) is 0 Å². The van der Waals surface area contributed by atoms with Crippen molar-refractivity contribution in [3.8, 4) is 0 Å². The first-order valence-electron chi connectivity index (χ1n) is 10.3. The number of rotatable bonds is 7. The van der Waals surface area contributed by atoms with Crippen molar-refractivity contribution in [2.45, 2.75) is 52.0 Å². The van der Waals surface area contributed by atoms with E-state index in [4.69, 9.17) is 4.98 Å². The Kier molecular flexibility index (Phi) is 9.50. The van der Waals surface area contributed by atoms with Crippen molar-refractivity contribution in [3.63, 3.8) is 0 Å². The van der Waals surface area contributed by atoms with Crippen molar-refractivity contribution in [2.75, 3.05) is 33.2 Å². The number of likely N-dealkylation sites (tertiary alicyclic amines) is 1. The van der Waals surface area contributed by atoms with Gasteiger partial charge in [-0.1, -0.05) is 12.5 Å². The zero-order valence-electron chi connectivity index (χ0n) is 17.4. The number of fused-ring (bicyclic) bond motifs is 1. The third-order valence-electron chi connectivity index (χ3n) is 5.48.